The average molecular weight is 435 g/mol. The molecule has 2 heterocycles. The van der Waals surface area contributed by atoms with Crippen molar-refractivity contribution in [1.29, 1.82) is 0 Å². The largest absolute Gasteiger partial charge is 0.506 e. The third-order valence-corrected chi connectivity index (χ3v) is 6.15. The van der Waals surface area contributed by atoms with Gasteiger partial charge in [-0.05, 0) is 31.2 Å². The topological polar surface area (TPSA) is 107 Å². The van der Waals surface area contributed by atoms with Crippen LogP contribution in [0.4, 0.5) is 5.69 Å². The molecule has 4 unspecified atom stereocenters. The molecular weight excluding hydrogens is 419 g/mol. The number of fused-ring (bicyclic) bond motifs is 1. The lowest BCUT2D eigenvalue weighted by Gasteiger charge is -2.27. The van der Waals surface area contributed by atoms with E-state index >= 15 is 0 Å². The van der Waals surface area contributed by atoms with Crippen LogP contribution < -0.4 is 10.2 Å². The molecule has 2 aromatic carbocycles. The molecule has 29 heavy (non-hydrogen) atoms. The van der Waals surface area contributed by atoms with Gasteiger partial charge in [0, 0.05) is 16.6 Å². The molecule has 9 heteroatoms. The zero-order chi connectivity index (χ0) is 21.1. The van der Waals surface area contributed by atoms with Crippen LogP contribution in [0.15, 0.2) is 42.5 Å². The number of aromatic hydroxyl groups is 1. The Balaban J connectivity index is 1.88. The number of aliphatic carboxylic acids is 1. The fourth-order valence-corrected chi connectivity index (χ4v) is 4.77. The lowest BCUT2D eigenvalue weighted by Crippen LogP contribution is -2.53. The van der Waals surface area contributed by atoms with Crippen LogP contribution in [0.5, 0.6) is 5.75 Å². The zero-order valence-electron chi connectivity index (χ0n) is 15.1. The monoisotopic (exact) mass is 434 g/mol. The van der Waals surface area contributed by atoms with Gasteiger partial charge in [0.15, 0.2) is 0 Å². The van der Waals surface area contributed by atoms with Crippen molar-refractivity contribution in [2.24, 2.45) is 11.8 Å². The summed E-state index contributed by atoms with van der Waals surface area (Å²) in [7, 11) is 0. The van der Waals surface area contributed by atoms with Gasteiger partial charge in [0.1, 0.15) is 11.3 Å². The predicted octanol–water partition coefficient (Wildman–Crippen LogP) is 2.99. The number of anilines is 1. The first-order chi connectivity index (χ1) is 13.7. The second-order valence-corrected chi connectivity index (χ2v) is 8.15. The normalized spacial score (nSPS) is 28.7. The predicted molar refractivity (Wildman–Crippen MR) is 106 cm³/mol. The third-order valence-electron chi connectivity index (χ3n) is 5.64. The number of carbonyl (C=O) groups is 3. The third kappa shape index (κ3) is 2.80. The number of carboxylic acids is 1. The molecule has 2 amide bonds. The smallest absolute Gasteiger partial charge is 0.324 e. The van der Waals surface area contributed by atoms with E-state index in [4.69, 9.17) is 23.2 Å². The van der Waals surface area contributed by atoms with Crippen LogP contribution in [0.1, 0.15) is 18.5 Å². The van der Waals surface area contributed by atoms with Gasteiger partial charge in [-0.2, -0.15) is 0 Å². The van der Waals surface area contributed by atoms with Gasteiger partial charge in [-0.1, -0.05) is 41.4 Å². The molecule has 4 rings (SSSR count). The van der Waals surface area contributed by atoms with Crippen molar-refractivity contribution in [3.8, 4) is 5.75 Å². The van der Waals surface area contributed by atoms with Gasteiger partial charge < -0.3 is 10.2 Å². The molecule has 150 valence electrons. The Labute approximate surface area is 175 Å². The average Bonchev–Trinajstić information content (AvgIpc) is 3.13. The summed E-state index contributed by atoms with van der Waals surface area (Å²) in [4.78, 5) is 39.6. The van der Waals surface area contributed by atoms with Gasteiger partial charge in [-0.15, -0.1) is 0 Å². The molecule has 2 fully saturated rings. The van der Waals surface area contributed by atoms with Crippen molar-refractivity contribution < 1.29 is 24.6 Å². The molecule has 2 aliphatic rings. The van der Waals surface area contributed by atoms with Crippen LogP contribution in [0.2, 0.25) is 10.0 Å². The molecule has 0 aliphatic carbocycles. The zero-order valence-corrected chi connectivity index (χ0v) is 16.6. The number of phenolic OH excluding ortho intramolecular Hbond substituents is 1. The van der Waals surface area contributed by atoms with E-state index in [0.717, 1.165) is 4.90 Å². The number of carboxylic acid groups (broad SMARTS) is 1. The van der Waals surface area contributed by atoms with Crippen molar-refractivity contribution in [3.63, 3.8) is 0 Å². The Morgan fingerprint density at radius 1 is 1.14 bits per heavy atom. The fourth-order valence-electron chi connectivity index (χ4n) is 4.26. The van der Waals surface area contributed by atoms with Crippen molar-refractivity contribution in [2.45, 2.75) is 18.5 Å². The summed E-state index contributed by atoms with van der Waals surface area (Å²) in [5, 5.41) is 23.4. The minimum atomic E-state index is -1.73. The summed E-state index contributed by atoms with van der Waals surface area (Å²) >= 11 is 12.1. The number of para-hydroxylation sites is 1. The molecule has 0 saturated carbocycles. The maximum Gasteiger partial charge on any atom is 0.324 e. The number of nitrogens with zero attached hydrogens (tertiary/aromatic N) is 1. The molecule has 0 spiro atoms. The molecular formula is C20H16Cl2N2O5. The number of phenols is 1. The summed E-state index contributed by atoms with van der Waals surface area (Å²) in [5.74, 6) is -4.99. The van der Waals surface area contributed by atoms with E-state index < -0.39 is 41.2 Å². The summed E-state index contributed by atoms with van der Waals surface area (Å²) in [5.41, 5.74) is -1.21. The highest BCUT2D eigenvalue weighted by atomic mass is 35.5. The number of hydrogen-bond donors (Lipinski definition) is 3. The Bertz CT molecular complexity index is 1040. The molecule has 0 aromatic heterocycles. The second kappa shape index (κ2) is 6.73. The SMILES string of the molecule is CC1(C(=O)O)NC(c2cc(Cl)cc(Cl)c2O)C2C(=O)N(c3ccccc3)C(=O)C21. The molecule has 2 aromatic rings. The molecule has 0 bridgehead atoms. The first kappa shape index (κ1) is 19.7. The van der Waals surface area contributed by atoms with Crippen LogP contribution in [0, 0.1) is 11.8 Å². The fraction of sp³-hybridized carbons (Fsp3) is 0.250. The Morgan fingerprint density at radius 3 is 2.41 bits per heavy atom. The van der Waals surface area contributed by atoms with Crippen LogP contribution >= 0.6 is 23.2 Å². The van der Waals surface area contributed by atoms with E-state index in [1.54, 1.807) is 30.3 Å². The number of carbonyl (C=O) groups excluding carboxylic acids is 2. The molecule has 0 radical (unpaired) electrons. The van der Waals surface area contributed by atoms with E-state index in [1.165, 1.54) is 19.1 Å². The lowest BCUT2D eigenvalue weighted by atomic mass is 9.80. The first-order valence-corrected chi connectivity index (χ1v) is 9.54. The van der Waals surface area contributed by atoms with E-state index in [-0.39, 0.29) is 21.4 Å². The van der Waals surface area contributed by atoms with Gasteiger partial charge in [-0.3, -0.25) is 19.7 Å². The van der Waals surface area contributed by atoms with Crippen LogP contribution in [-0.4, -0.2) is 33.5 Å². The number of nitrogens with one attached hydrogen (secondary N) is 1. The number of halogens is 2. The highest BCUT2D eigenvalue weighted by molar-refractivity contribution is 6.35. The highest BCUT2D eigenvalue weighted by Gasteiger charge is 2.67. The molecule has 7 nitrogen and oxygen atoms in total. The van der Waals surface area contributed by atoms with Crippen LogP contribution in [0.25, 0.3) is 0 Å². The van der Waals surface area contributed by atoms with Gasteiger partial charge in [0.05, 0.1) is 22.5 Å². The number of imide groups is 1. The minimum absolute atomic E-state index is 0.0357. The number of amides is 2. The molecule has 3 N–H and O–H groups in total. The number of benzene rings is 2. The van der Waals surface area contributed by atoms with E-state index in [0.29, 0.717) is 5.69 Å². The first-order valence-electron chi connectivity index (χ1n) is 8.78. The Hall–Kier alpha value is -2.61. The summed E-state index contributed by atoms with van der Waals surface area (Å²) in [6.07, 6.45) is 0. The molecule has 2 aliphatic heterocycles. The summed E-state index contributed by atoms with van der Waals surface area (Å²) < 4.78 is 0. The maximum absolute atomic E-state index is 13.3. The van der Waals surface area contributed by atoms with Gasteiger partial charge >= 0.3 is 5.97 Å². The second-order valence-electron chi connectivity index (χ2n) is 7.31. The van der Waals surface area contributed by atoms with Crippen molar-refractivity contribution >= 4 is 46.7 Å². The Morgan fingerprint density at radius 2 is 1.79 bits per heavy atom. The molecule has 4 atom stereocenters. The van der Waals surface area contributed by atoms with Gasteiger partial charge in [0.2, 0.25) is 11.8 Å². The van der Waals surface area contributed by atoms with E-state index in [9.17, 15) is 24.6 Å². The summed E-state index contributed by atoms with van der Waals surface area (Å²) in [6, 6.07) is 10.1. The van der Waals surface area contributed by atoms with E-state index in [1.807, 2.05) is 0 Å². The van der Waals surface area contributed by atoms with Crippen LogP contribution in [-0.2, 0) is 14.4 Å². The minimum Gasteiger partial charge on any atom is -0.506 e. The number of hydrogen-bond acceptors (Lipinski definition) is 5. The Kier molecular flexibility index (Phi) is 4.57. The standard InChI is InChI=1S/C20H16Cl2N2O5/c1-20(19(28)29)14-13(15(23-20)11-7-9(21)8-12(22)16(11)25)17(26)24(18(14)27)10-5-3-2-4-6-10/h2-8,13-15,23,25H,1H3,(H,28,29). The van der Waals surface area contributed by atoms with Gasteiger partial charge in [-0.25, -0.2) is 4.90 Å². The van der Waals surface area contributed by atoms with E-state index in [2.05, 4.69) is 5.32 Å². The van der Waals surface area contributed by atoms with Crippen molar-refractivity contribution in [2.75, 3.05) is 4.90 Å². The summed E-state index contributed by atoms with van der Waals surface area (Å²) in [6.45, 7) is 1.36. The molecule has 2 saturated heterocycles. The van der Waals surface area contributed by atoms with Crippen LogP contribution in [0.3, 0.4) is 0 Å². The van der Waals surface area contributed by atoms with Crippen molar-refractivity contribution in [1.82, 2.24) is 5.32 Å². The van der Waals surface area contributed by atoms with Gasteiger partial charge in [0.25, 0.3) is 0 Å². The maximum atomic E-state index is 13.3. The quantitative estimate of drug-likeness (QED) is 0.640. The lowest BCUT2D eigenvalue weighted by molar-refractivity contribution is -0.147. The highest BCUT2D eigenvalue weighted by Crippen LogP contribution is 2.52. The number of rotatable bonds is 3. The van der Waals surface area contributed by atoms with Crippen molar-refractivity contribution in [3.05, 3.63) is 58.1 Å².